The molecule has 4 aliphatic carbocycles. The van der Waals surface area contributed by atoms with Crippen molar-refractivity contribution in [3.63, 3.8) is 0 Å². The highest BCUT2D eigenvalue weighted by molar-refractivity contribution is 7.93. The number of rotatable bonds is 2. The number of hydrogen-bond acceptors (Lipinski definition) is 2. The lowest BCUT2D eigenvalue weighted by Gasteiger charge is -2.39. The van der Waals surface area contributed by atoms with E-state index in [9.17, 15) is 8.42 Å². The van der Waals surface area contributed by atoms with Crippen LogP contribution in [0.4, 0.5) is 5.69 Å². The first-order valence-corrected chi connectivity index (χ1v) is 10.3. The topological polar surface area (TPSA) is 37.4 Å². The zero-order valence-corrected chi connectivity index (χ0v) is 13.7. The minimum absolute atomic E-state index is 0.295. The van der Waals surface area contributed by atoms with Crippen LogP contribution in [-0.4, -0.2) is 20.7 Å². The SMILES string of the molecule is O=S1(=O)CCCN1c1ccc(C23CC4CC(C2)C(C4)C3)cc1. The molecule has 4 bridgehead atoms. The van der Waals surface area contributed by atoms with Gasteiger partial charge >= 0.3 is 0 Å². The molecule has 1 aromatic carbocycles. The number of nitrogens with zero attached hydrogens (tertiary/aromatic N) is 1. The molecule has 118 valence electrons. The van der Waals surface area contributed by atoms with Gasteiger partial charge in [0.2, 0.25) is 10.0 Å². The van der Waals surface area contributed by atoms with E-state index in [1.807, 2.05) is 12.1 Å². The summed E-state index contributed by atoms with van der Waals surface area (Å²) in [6.45, 7) is 0.638. The Bertz CT molecular complexity index is 690. The predicted molar refractivity (Wildman–Crippen MR) is 87.4 cm³/mol. The number of benzene rings is 1. The molecule has 4 saturated carbocycles. The van der Waals surface area contributed by atoms with E-state index >= 15 is 0 Å². The standard InChI is InChI=1S/C18H23NO2S/c20-22(21)7-1-6-19(22)17-4-2-16(3-5-17)18-10-13-8-14(11-18)15(9-13)12-18/h2-5,13-15H,1,6-12H2. The molecular formula is C18H23NO2S. The van der Waals surface area contributed by atoms with Crippen LogP contribution in [0.3, 0.4) is 0 Å². The molecule has 22 heavy (non-hydrogen) atoms. The second-order valence-corrected chi connectivity index (χ2v) is 10.1. The van der Waals surface area contributed by atoms with Crippen molar-refractivity contribution in [2.24, 2.45) is 17.8 Å². The highest BCUT2D eigenvalue weighted by Gasteiger charge is 2.56. The molecule has 1 aromatic rings. The summed E-state index contributed by atoms with van der Waals surface area (Å²) in [5.41, 5.74) is 2.73. The summed E-state index contributed by atoms with van der Waals surface area (Å²) < 4.78 is 25.7. The van der Waals surface area contributed by atoms with E-state index < -0.39 is 10.0 Å². The minimum Gasteiger partial charge on any atom is -0.270 e. The lowest BCUT2D eigenvalue weighted by molar-refractivity contribution is 0.229. The largest absolute Gasteiger partial charge is 0.270 e. The molecule has 0 amide bonds. The van der Waals surface area contributed by atoms with Gasteiger partial charge < -0.3 is 0 Å². The zero-order valence-electron chi connectivity index (χ0n) is 12.9. The molecule has 4 heteroatoms. The lowest BCUT2D eigenvalue weighted by atomic mass is 9.66. The molecule has 3 nitrogen and oxygen atoms in total. The predicted octanol–water partition coefficient (Wildman–Crippen LogP) is 3.30. The summed E-state index contributed by atoms with van der Waals surface area (Å²) in [6.07, 6.45) is 7.79. The van der Waals surface area contributed by atoms with Crippen LogP contribution in [0.25, 0.3) is 0 Å². The van der Waals surface area contributed by atoms with Crippen LogP contribution in [0.2, 0.25) is 0 Å². The van der Waals surface area contributed by atoms with Gasteiger partial charge in [-0.1, -0.05) is 12.1 Å². The van der Waals surface area contributed by atoms with E-state index in [2.05, 4.69) is 12.1 Å². The highest BCUT2D eigenvalue weighted by atomic mass is 32.2. The normalized spacial score (nSPS) is 41.5. The van der Waals surface area contributed by atoms with Gasteiger partial charge in [-0.25, -0.2) is 8.42 Å². The second kappa shape index (κ2) is 4.28. The van der Waals surface area contributed by atoms with Crippen molar-refractivity contribution in [1.82, 2.24) is 0 Å². The highest BCUT2D eigenvalue weighted by Crippen LogP contribution is 2.64. The summed E-state index contributed by atoms with van der Waals surface area (Å²) in [4.78, 5) is 0. The Balaban J connectivity index is 1.46. The maximum Gasteiger partial charge on any atom is 0.235 e. The average Bonchev–Trinajstić information content (AvgIpc) is 3.07. The number of anilines is 1. The molecule has 0 radical (unpaired) electrons. The van der Waals surface area contributed by atoms with Gasteiger partial charge in [0.05, 0.1) is 11.4 Å². The van der Waals surface area contributed by atoms with Crippen LogP contribution in [0.5, 0.6) is 0 Å². The first kappa shape index (κ1) is 13.4. The third-order valence-corrected chi connectivity index (χ3v) is 8.66. The van der Waals surface area contributed by atoms with Gasteiger partial charge in [-0.15, -0.1) is 0 Å². The summed E-state index contributed by atoms with van der Waals surface area (Å²) in [5.74, 6) is 3.19. The van der Waals surface area contributed by atoms with Gasteiger partial charge in [0, 0.05) is 6.54 Å². The monoisotopic (exact) mass is 317 g/mol. The van der Waals surface area contributed by atoms with Gasteiger partial charge in [0.15, 0.2) is 0 Å². The fourth-order valence-electron chi connectivity index (χ4n) is 6.07. The van der Waals surface area contributed by atoms with Crippen LogP contribution in [0, 0.1) is 17.8 Å². The first-order chi connectivity index (χ1) is 10.6. The Morgan fingerprint density at radius 3 is 2.23 bits per heavy atom. The summed E-state index contributed by atoms with van der Waals surface area (Å²) in [7, 11) is -3.06. The van der Waals surface area contributed by atoms with Gasteiger partial charge in [0.1, 0.15) is 0 Å². The summed E-state index contributed by atoms with van der Waals surface area (Å²) in [6, 6.07) is 8.52. The van der Waals surface area contributed by atoms with Crippen molar-refractivity contribution < 1.29 is 8.42 Å². The zero-order chi connectivity index (χ0) is 14.9. The molecule has 5 fully saturated rings. The van der Waals surface area contributed by atoms with Crippen LogP contribution in [0.15, 0.2) is 24.3 Å². The maximum absolute atomic E-state index is 12.0. The fourth-order valence-corrected chi connectivity index (χ4v) is 7.64. The van der Waals surface area contributed by atoms with Crippen LogP contribution in [0.1, 0.15) is 44.1 Å². The fraction of sp³-hybridized carbons (Fsp3) is 0.667. The van der Waals surface area contributed by atoms with E-state index in [0.29, 0.717) is 17.7 Å². The second-order valence-electron chi connectivity index (χ2n) is 8.04. The number of hydrogen-bond donors (Lipinski definition) is 0. The van der Waals surface area contributed by atoms with Crippen LogP contribution >= 0.6 is 0 Å². The Hall–Kier alpha value is -1.03. The van der Waals surface area contributed by atoms with E-state index in [4.69, 9.17) is 0 Å². The quantitative estimate of drug-likeness (QED) is 0.839. The van der Waals surface area contributed by atoms with Crippen molar-refractivity contribution in [2.45, 2.75) is 43.9 Å². The van der Waals surface area contributed by atoms with Crippen molar-refractivity contribution in [1.29, 1.82) is 0 Å². The van der Waals surface area contributed by atoms with Crippen LogP contribution < -0.4 is 4.31 Å². The molecule has 0 N–H and O–H groups in total. The number of sulfonamides is 1. The summed E-state index contributed by atoms with van der Waals surface area (Å²) in [5, 5.41) is 0. The third-order valence-electron chi connectivity index (χ3n) is 6.79. The molecule has 6 rings (SSSR count). The molecule has 2 unspecified atom stereocenters. The molecule has 2 atom stereocenters. The van der Waals surface area contributed by atoms with Crippen molar-refractivity contribution in [2.75, 3.05) is 16.6 Å². The van der Waals surface area contributed by atoms with Gasteiger partial charge in [-0.3, -0.25) is 4.31 Å². The Kier molecular flexibility index (Phi) is 2.61. The molecule has 5 aliphatic rings. The van der Waals surface area contributed by atoms with E-state index in [1.54, 1.807) is 4.31 Å². The molecule has 0 spiro atoms. The van der Waals surface area contributed by atoms with Crippen molar-refractivity contribution in [3.05, 3.63) is 29.8 Å². The molecule has 1 aliphatic heterocycles. The average molecular weight is 317 g/mol. The van der Waals surface area contributed by atoms with E-state index in [-0.39, 0.29) is 0 Å². The van der Waals surface area contributed by atoms with E-state index in [1.165, 1.54) is 37.7 Å². The molecular weight excluding hydrogens is 294 g/mol. The van der Waals surface area contributed by atoms with Gasteiger partial charge in [-0.05, 0) is 79.4 Å². The molecule has 1 heterocycles. The smallest absolute Gasteiger partial charge is 0.235 e. The van der Waals surface area contributed by atoms with E-state index in [0.717, 1.165) is 29.9 Å². The first-order valence-electron chi connectivity index (χ1n) is 8.67. The third kappa shape index (κ3) is 1.76. The Morgan fingerprint density at radius 2 is 1.68 bits per heavy atom. The molecule has 1 saturated heterocycles. The Morgan fingerprint density at radius 1 is 1.00 bits per heavy atom. The van der Waals surface area contributed by atoms with Gasteiger partial charge in [-0.2, -0.15) is 0 Å². The van der Waals surface area contributed by atoms with Crippen molar-refractivity contribution in [3.8, 4) is 0 Å². The summed E-state index contributed by atoms with van der Waals surface area (Å²) >= 11 is 0. The molecule has 0 aromatic heterocycles. The van der Waals surface area contributed by atoms with Gasteiger partial charge in [0.25, 0.3) is 0 Å². The maximum atomic E-state index is 12.0. The lowest BCUT2D eigenvalue weighted by Crippen LogP contribution is -2.31. The Labute approximate surface area is 132 Å². The minimum atomic E-state index is -3.06. The van der Waals surface area contributed by atoms with Crippen LogP contribution in [-0.2, 0) is 15.4 Å². The van der Waals surface area contributed by atoms with Crippen molar-refractivity contribution >= 4 is 15.7 Å².